The van der Waals surface area contributed by atoms with Gasteiger partial charge < -0.3 is 14.0 Å². The highest BCUT2D eigenvalue weighted by atomic mass is 32.2. The summed E-state index contributed by atoms with van der Waals surface area (Å²) in [6.45, 7) is 5.40. The first-order chi connectivity index (χ1) is 14.5. The Morgan fingerprint density at radius 1 is 1.20 bits per heavy atom. The van der Waals surface area contributed by atoms with E-state index in [-0.39, 0.29) is 11.9 Å². The van der Waals surface area contributed by atoms with E-state index >= 15 is 0 Å². The second kappa shape index (κ2) is 9.33. The van der Waals surface area contributed by atoms with Crippen LogP contribution in [0.5, 0.6) is 0 Å². The van der Waals surface area contributed by atoms with Crippen LogP contribution in [-0.2, 0) is 22.4 Å². The fraction of sp³-hybridized carbons (Fsp3) is 0.375. The summed E-state index contributed by atoms with van der Waals surface area (Å²) in [5.74, 6) is -0.0853. The molecular weight excluding hydrogens is 399 g/mol. The van der Waals surface area contributed by atoms with E-state index in [9.17, 15) is 4.39 Å². The highest BCUT2D eigenvalue weighted by molar-refractivity contribution is 7.99. The second-order valence-corrected chi connectivity index (χ2v) is 8.96. The summed E-state index contributed by atoms with van der Waals surface area (Å²) in [5, 5.41) is 0. The third-order valence-corrected chi connectivity index (χ3v) is 6.66. The van der Waals surface area contributed by atoms with Crippen molar-refractivity contribution in [2.75, 3.05) is 12.4 Å². The topological polar surface area (TPSA) is 36.3 Å². The maximum atomic E-state index is 13.2. The van der Waals surface area contributed by atoms with Crippen LogP contribution in [0.25, 0.3) is 0 Å². The number of halogens is 1. The summed E-state index contributed by atoms with van der Waals surface area (Å²) >= 11 is 1.82. The Balaban J connectivity index is 1.42. The molecule has 1 aliphatic heterocycles. The van der Waals surface area contributed by atoms with Crippen molar-refractivity contribution in [3.8, 4) is 0 Å². The summed E-state index contributed by atoms with van der Waals surface area (Å²) in [5.41, 5.74) is 3.62. The number of benzene rings is 2. The molecule has 1 fully saturated rings. The zero-order chi connectivity index (χ0) is 21.0. The summed E-state index contributed by atoms with van der Waals surface area (Å²) < 4.78 is 28.0. The van der Waals surface area contributed by atoms with Gasteiger partial charge in [0.25, 0.3) is 0 Å². The number of ether oxygens (including phenoxy) is 2. The highest BCUT2D eigenvalue weighted by Crippen LogP contribution is 2.34. The van der Waals surface area contributed by atoms with Gasteiger partial charge in [0.05, 0.1) is 25.6 Å². The van der Waals surface area contributed by atoms with Crippen molar-refractivity contribution >= 4 is 11.8 Å². The lowest BCUT2D eigenvalue weighted by molar-refractivity contribution is -0.180. The molecule has 1 aromatic heterocycles. The van der Waals surface area contributed by atoms with E-state index in [0.717, 1.165) is 17.7 Å². The van der Waals surface area contributed by atoms with Gasteiger partial charge in [0.15, 0.2) is 5.79 Å². The number of hydrogen-bond acceptors (Lipinski definition) is 4. The third-order valence-electron chi connectivity index (χ3n) is 5.37. The lowest BCUT2D eigenvalue weighted by Crippen LogP contribution is -2.37. The van der Waals surface area contributed by atoms with Crippen molar-refractivity contribution < 1.29 is 13.9 Å². The summed E-state index contributed by atoms with van der Waals surface area (Å²) in [6, 6.07) is 13.2. The minimum absolute atomic E-state index is 0.0200. The minimum atomic E-state index is -0.706. The van der Waals surface area contributed by atoms with Crippen LogP contribution in [-0.4, -0.2) is 33.8 Å². The Hall–Kier alpha value is -2.15. The summed E-state index contributed by atoms with van der Waals surface area (Å²) in [4.78, 5) is 5.43. The molecule has 0 amide bonds. The van der Waals surface area contributed by atoms with Crippen molar-refractivity contribution in [2.45, 2.75) is 50.0 Å². The Kier molecular flexibility index (Phi) is 6.56. The molecule has 1 aliphatic rings. The zero-order valence-electron chi connectivity index (χ0n) is 17.4. The minimum Gasteiger partial charge on any atom is -0.345 e. The molecule has 0 saturated carbocycles. The highest BCUT2D eigenvalue weighted by Gasteiger charge is 2.41. The second-order valence-electron chi connectivity index (χ2n) is 7.90. The molecule has 0 bridgehead atoms. The van der Waals surface area contributed by atoms with Crippen LogP contribution in [0.1, 0.15) is 23.1 Å². The molecule has 0 radical (unpaired) electrons. The number of imidazole rings is 1. The number of thioether (sulfide) groups is 1. The van der Waals surface area contributed by atoms with Crippen LogP contribution in [0.4, 0.5) is 4.39 Å². The predicted octanol–water partition coefficient (Wildman–Crippen LogP) is 5.18. The quantitative estimate of drug-likeness (QED) is 0.465. The lowest BCUT2D eigenvalue weighted by atomic mass is 10.0. The van der Waals surface area contributed by atoms with Crippen molar-refractivity contribution in [1.29, 1.82) is 0 Å². The van der Waals surface area contributed by atoms with Crippen LogP contribution in [0.15, 0.2) is 66.1 Å². The molecule has 30 heavy (non-hydrogen) atoms. The summed E-state index contributed by atoms with van der Waals surface area (Å²) in [6.07, 6.45) is 6.94. The van der Waals surface area contributed by atoms with Gasteiger partial charge in [0, 0.05) is 29.5 Å². The average Bonchev–Trinajstić information content (AvgIpc) is 3.39. The van der Waals surface area contributed by atoms with Gasteiger partial charge in [-0.05, 0) is 49.6 Å². The first-order valence-electron chi connectivity index (χ1n) is 10.2. The van der Waals surface area contributed by atoms with E-state index in [1.54, 1.807) is 12.5 Å². The standard InChI is InChI=1S/C24H27FN2O2S/c1-18-3-4-19(2)23(13-18)30-15-22-14-28-24(29-22,16-27-12-11-26-17-27)10-9-20-5-7-21(25)8-6-20/h3-8,11-13,17,22H,9-10,14-16H2,1-2H3. The molecule has 1 saturated heterocycles. The molecule has 3 aromatic rings. The normalized spacial score (nSPS) is 21.2. The molecule has 6 heteroatoms. The van der Waals surface area contributed by atoms with E-state index in [2.05, 4.69) is 37.0 Å². The van der Waals surface area contributed by atoms with Crippen LogP contribution in [0, 0.1) is 19.7 Å². The maximum Gasteiger partial charge on any atom is 0.187 e. The zero-order valence-corrected chi connectivity index (χ0v) is 18.2. The maximum absolute atomic E-state index is 13.2. The SMILES string of the molecule is Cc1ccc(C)c(SCC2COC(CCc3ccc(F)cc3)(Cn3ccnc3)O2)c1. The van der Waals surface area contributed by atoms with Gasteiger partial charge in [-0.15, -0.1) is 11.8 Å². The van der Waals surface area contributed by atoms with Gasteiger partial charge in [-0.3, -0.25) is 0 Å². The van der Waals surface area contributed by atoms with Gasteiger partial charge in [0.2, 0.25) is 0 Å². The Labute approximate surface area is 181 Å². The molecule has 0 N–H and O–H groups in total. The third kappa shape index (κ3) is 5.31. The number of aryl methyl sites for hydroxylation is 3. The summed E-state index contributed by atoms with van der Waals surface area (Å²) in [7, 11) is 0. The van der Waals surface area contributed by atoms with Crippen LogP contribution >= 0.6 is 11.8 Å². The van der Waals surface area contributed by atoms with Crippen molar-refractivity contribution in [1.82, 2.24) is 9.55 Å². The molecule has 0 aliphatic carbocycles. The van der Waals surface area contributed by atoms with E-state index in [0.29, 0.717) is 19.6 Å². The number of rotatable bonds is 8. The predicted molar refractivity (Wildman–Crippen MR) is 117 cm³/mol. The van der Waals surface area contributed by atoms with Crippen molar-refractivity contribution in [3.63, 3.8) is 0 Å². The average molecular weight is 427 g/mol. The van der Waals surface area contributed by atoms with E-state index < -0.39 is 5.79 Å². The Bertz CT molecular complexity index is 962. The fourth-order valence-electron chi connectivity index (χ4n) is 3.68. The first-order valence-corrected chi connectivity index (χ1v) is 11.2. The molecule has 158 valence electrons. The Morgan fingerprint density at radius 2 is 2.03 bits per heavy atom. The van der Waals surface area contributed by atoms with Gasteiger partial charge in [0.1, 0.15) is 5.82 Å². The van der Waals surface area contributed by atoms with E-state index in [1.165, 1.54) is 28.2 Å². The van der Waals surface area contributed by atoms with Crippen LogP contribution < -0.4 is 0 Å². The molecule has 2 aromatic carbocycles. The van der Waals surface area contributed by atoms with E-state index in [1.807, 2.05) is 34.7 Å². The smallest absolute Gasteiger partial charge is 0.187 e. The molecule has 4 nitrogen and oxygen atoms in total. The van der Waals surface area contributed by atoms with Crippen molar-refractivity contribution in [2.24, 2.45) is 0 Å². The monoisotopic (exact) mass is 426 g/mol. The van der Waals surface area contributed by atoms with Crippen LogP contribution in [0.2, 0.25) is 0 Å². The molecule has 2 heterocycles. The fourth-order valence-corrected chi connectivity index (χ4v) is 4.78. The Morgan fingerprint density at radius 3 is 2.80 bits per heavy atom. The first kappa shape index (κ1) is 21.1. The van der Waals surface area contributed by atoms with Crippen LogP contribution in [0.3, 0.4) is 0 Å². The molecule has 4 rings (SSSR count). The lowest BCUT2D eigenvalue weighted by Gasteiger charge is -2.28. The van der Waals surface area contributed by atoms with Crippen molar-refractivity contribution in [3.05, 3.63) is 83.7 Å². The molecular formula is C24H27FN2O2S. The van der Waals surface area contributed by atoms with Gasteiger partial charge in [-0.2, -0.15) is 0 Å². The largest absolute Gasteiger partial charge is 0.345 e. The number of hydrogen-bond donors (Lipinski definition) is 0. The molecule has 2 atom stereocenters. The van der Waals surface area contributed by atoms with Gasteiger partial charge in [-0.25, -0.2) is 9.37 Å². The van der Waals surface area contributed by atoms with Gasteiger partial charge in [-0.1, -0.05) is 29.8 Å². The molecule has 2 unspecified atom stereocenters. The number of aromatic nitrogens is 2. The molecule has 0 spiro atoms. The van der Waals surface area contributed by atoms with E-state index in [4.69, 9.17) is 9.47 Å². The number of nitrogens with zero attached hydrogens (tertiary/aromatic N) is 2. The van der Waals surface area contributed by atoms with Gasteiger partial charge >= 0.3 is 0 Å².